The molecule has 2 aliphatic heterocycles. The number of aryl methyl sites for hydroxylation is 1. The number of aromatic nitrogens is 1. The van der Waals surface area contributed by atoms with Gasteiger partial charge in [-0.2, -0.15) is 0 Å². The van der Waals surface area contributed by atoms with Crippen molar-refractivity contribution in [2.45, 2.75) is 71.3 Å². The first-order chi connectivity index (χ1) is 14.6. The predicted molar refractivity (Wildman–Crippen MR) is 117 cm³/mol. The van der Waals surface area contributed by atoms with Crippen LogP contribution in [-0.2, 0) is 27.1 Å². The van der Waals surface area contributed by atoms with Crippen LogP contribution in [0.25, 0.3) is 0 Å². The topological polar surface area (TPSA) is 65.0 Å². The Bertz CT molecular complexity index is 758. The molecule has 0 aromatic carbocycles. The molecule has 1 aromatic rings. The van der Waals surface area contributed by atoms with Crippen LogP contribution in [0.3, 0.4) is 0 Å². The Morgan fingerprint density at radius 2 is 2.00 bits per heavy atom. The third kappa shape index (κ3) is 5.10. The average Bonchev–Trinajstić information content (AvgIpc) is 3.22. The number of hydrogen-bond acceptors (Lipinski definition) is 6. The van der Waals surface area contributed by atoms with Crippen LogP contribution in [0.15, 0.2) is 35.1 Å². The number of pyridine rings is 1. The van der Waals surface area contributed by atoms with Crippen LogP contribution in [0.5, 0.6) is 0 Å². The second kappa shape index (κ2) is 9.58. The Hall–Kier alpha value is -1.76. The lowest BCUT2D eigenvalue weighted by atomic mass is 9.80. The molecule has 30 heavy (non-hydrogen) atoms. The highest BCUT2D eigenvalue weighted by molar-refractivity contribution is 5.81. The molecule has 3 aliphatic rings. The van der Waals surface area contributed by atoms with E-state index < -0.39 is 0 Å². The number of ether oxygens (including phenoxy) is 3. The van der Waals surface area contributed by atoms with Crippen LogP contribution in [0, 0.1) is 11.8 Å². The smallest absolute Gasteiger partial charge is 0.174 e. The molecule has 1 saturated carbocycles. The van der Waals surface area contributed by atoms with E-state index in [9.17, 15) is 0 Å². The molecule has 0 radical (unpaired) electrons. The summed E-state index contributed by atoms with van der Waals surface area (Å²) in [7, 11) is 0. The standard InChI is InChI=1S/C24H35N3O3/c1-4-19-5-6-21(26-14-19)13-17(2)16-28-23-22(15-25-18(3)27-23)20-7-9-24(10-8-20)29-11-12-30-24/h5-6,14-15,17,20,23H,4,7-13,16H2,1-3H3,(H,25,27). The summed E-state index contributed by atoms with van der Waals surface area (Å²) in [4.78, 5) is 9.36. The first-order valence-electron chi connectivity index (χ1n) is 11.4. The summed E-state index contributed by atoms with van der Waals surface area (Å²) in [5, 5.41) is 3.29. The molecule has 1 spiro atoms. The Balaban J connectivity index is 1.32. The van der Waals surface area contributed by atoms with Crippen molar-refractivity contribution in [3.05, 3.63) is 41.4 Å². The van der Waals surface area contributed by atoms with Gasteiger partial charge in [0.15, 0.2) is 12.0 Å². The van der Waals surface area contributed by atoms with E-state index in [1.165, 1.54) is 11.1 Å². The summed E-state index contributed by atoms with van der Waals surface area (Å²) in [5.41, 5.74) is 3.66. The van der Waals surface area contributed by atoms with Gasteiger partial charge >= 0.3 is 0 Å². The minimum atomic E-state index is -0.330. The van der Waals surface area contributed by atoms with Gasteiger partial charge in [-0.15, -0.1) is 0 Å². The Morgan fingerprint density at radius 1 is 1.23 bits per heavy atom. The normalized spacial score (nSPS) is 25.0. The highest BCUT2D eigenvalue weighted by atomic mass is 16.7. The first kappa shape index (κ1) is 21.5. The van der Waals surface area contributed by atoms with Gasteiger partial charge in [0.25, 0.3) is 0 Å². The fourth-order valence-electron chi connectivity index (χ4n) is 4.63. The SMILES string of the molecule is CCc1ccc(CC(C)COC2N=C(C)NC=C2C2CCC3(CC2)OCCO3)nc1. The van der Waals surface area contributed by atoms with E-state index in [-0.39, 0.29) is 12.0 Å². The lowest BCUT2D eigenvalue weighted by Gasteiger charge is -2.38. The number of nitrogens with zero attached hydrogens (tertiary/aromatic N) is 2. The van der Waals surface area contributed by atoms with E-state index in [0.29, 0.717) is 18.4 Å². The molecule has 6 nitrogen and oxygen atoms in total. The van der Waals surface area contributed by atoms with E-state index >= 15 is 0 Å². The molecule has 1 N–H and O–H groups in total. The van der Waals surface area contributed by atoms with E-state index in [1.54, 1.807) is 0 Å². The van der Waals surface area contributed by atoms with Crippen LogP contribution in [0.1, 0.15) is 57.7 Å². The molecule has 3 heterocycles. The first-order valence-corrected chi connectivity index (χ1v) is 11.4. The summed E-state index contributed by atoms with van der Waals surface area (Å²) >= 11 is 0. The van der Waals surface area contributed by atoms with E-state index in [1.807, 2.05) is 13.1 Å². The minimum absolute atomic E-state index is 0.200. The fraction of sp³-hybridized carbons (Fsp3) is 0.667. The quantitative estimate of drug-likeness (QED) is 0.732. The maximum absolute atomic E-state index is 6.33. The highest BCUT2D eigenvalue weighted by Gasteiger charge is 2.42. The summed E-state index contributed by atoms with van der Waals surface area (Å²) in [6.07, 6.45) is 9.82. The molecule has 2 atom stereocenters. The van der Waals surface area contributed by atoms with Crippen molar-refractivity contribution in [2.75, 3.05) is 19.8 Å². The largest absolute Gasteiger partial charge is 0.352 e. The molecular weight excluding hydrogens is 378 g/mol. The van der Waals surface area contributed by atoms with Gasteiger partial charge in [-0.1, -0.05) is 19.9 Å². The maximum atomic E-state index is 6.33. The predicted octanol–water partition coefficient (Wildman–Crippen LogP) is 4.00. The molecule has 2 fully saturated rings. The Labute approximate surface area is 180 Å². The highest BCUT2D eigenvalue weighted by Crippen LogP contribution is 2.42. The second-order valence-electron chi connectivity index (χ2n) is 8.89. The fourth-order valence-corrected chi connectivity index (χ4v) is 4.63. The summed E-state index contributed by atoms with van der Waals surface area (Å²) in [6, 6.07) is 4.31. The van der Waals surface area contributed by atoms with Gasteiger partial charge in [-0.3, -0.25) is 4.98 Å². The molecule has 0 amide bonds. The van der Waals surface area contributed by atoms with Crippen molar-refractivity contribution < 1.29 is 14.2 Å². The third-order valence-electron chi connectivity index (χ3n) is 6.47. The van der Waals surface area contributed by atoms with Crippen molar-refractivity contribution in [2.24, 2.45) is 16.8 Å². The molecule has 2 unspecified atom stereocenters. The zero-order chi connectivity index (χ0) is 21.0. The van der Waals surface area contributed by atoms with Crippen LogP contribution in [0.2, 0.25) is 0 Å². The van der Waals surface area contributed by atoms with Gasteiger partial charge < -0.3 is 19.5 Å². The van der Waals surface area contributed by atoms with Crippen LogP contribution in [-0.4, -0.2) is 42.7 Å². The molecule has 6 heteroatoms. The van der Waals surface area contributed by atoms with Gasteiger partial charge in [-0.05, 0) is 61.6 Å². The maximum Gasteiger partial charge on any atom is 0.174 e. The molecule has 1 saturated heterocycles. The van der Waals surface area contributed by atoms with Gasteiger partial charge in [0, 0.05) is 30.9 Å². The zero-order valence-electron chi connectivity index (χ0n) is 18.5. The van der Waals surface area contributed by atoms with Gasteiger partial charge in [0.2, 0.25) is 0 Å². The minimum Gasteiger partial charge on any atom is -0.352 e. The number of rotatable bonds is 7. The number of amidine groups is 1. The summed E-state index contributed by atoms with van der Waals surface area (Å²) < 4.78 is 18.1. The van der Waals surface area contributed by atoms with Gasteiger partial charge in [0.05, 0.1) is 19.8 Å². The second-order valence-corrected chi connectivity index (χ2v) is 8.89. The number of hydrogen-bond donors (Lipinski definition) is 1. The van der Waals surface area contributed by atoms with Gasteiger partial charge in [-0.25, -0.2) is 4.99 Å². The Morgan fingerprint density at radius 3 is 2.67 bits per heavy atom. The zero-order valence-corrected chi connectivity index (χ0v) is 18.5. The molecule has 164 valence electrons. The number of aliphatic imine (C=N–C) groups is 1. The third-order valence-corrected chi connectivity index (χ3v) is 6.47. The van der Waals surface area contributed by atoms with Crippen molar-refractivity contribution in [1.82, 2.24) is 10.3 Å². The van der Waals surface area contributed by atoms with Crippen molar-refractivity contribution >= 4 is 5.84 Å². The lowest BCUT2D eigenvalue weighted by Crippen LogP contribution is -2.38. The molecule has 1 aliphatic carbocycles. The van der Waals surface area contributed by atoms with Crippen molar-refractivity contribution in [1.29, 1.82) is 0 Å². The van der Waals surface area contributed by atoms with Crippen molar-refractivity contribution in [3.63, 3.8) is 0 Å². The lowest BCUT2D eigenvalue weighted by molar-refractivity contribution is -0.181. The monoisotopic (exact) mass is 413 g/mol. The summed E-state index contributed by atoms with van der Waals surface area (Å²) in [5.74, 6) is 1.41. The average molecular weight is 414 g/mol. The molecular formula is C24H35N3O3. The molecule has 1 aromatic heterocycles. The van der Waals surface area contributed by atoms with E-state index in [4.69, 9.17) is 19.2 Å². The van der Waals surface area contributed by atoms with Crippen molar-refractivity contribution in [3.8, 4) is 0 Å². The van der Waals surface area contributed by atoms with Crippen LogP contribution in [0.4, 0.5) is 0 Å². The molecule has 4 rings (SSSR count). The van der Waals surface area contributed by atoms with Crippen LogP contribution >= 0.6 is 0 Å². The number of nitrogens with one attached hydrogen (secondary N) is 1. The van der Waals surface area contributed by atoms with Crippen LogP contribution < -0.4 is 5.32 Å². The molecule has 0 bridgehead atoms. The van der Waals surface area contributed by atoms with Gasteiger partial charge in [0.1, 0.15) is 5.84 Å². The summed E-state index contributed by atoms with van der Waals surface area (Å²) in [6.45, 7) is 8.46. The van der Waals surface area contributed by atoms with E-state index in [0.717, 1.165) is 63.3 Å². The van der Waals surface area contributed by atoms with E-state index in [2.05, 4.69) is 42.5 Å². The Kier molecular flexibility index (Phi) is 6.86.